The zero-order valence-corrected chi connectivity index (χ0v) is 11.2. The molecule has 1 aromatic carbocycles. The molecular weight excluding hydrogens is 261 g/mol. The van der Waals surface area contributed by atoms with Crippen LogP contribution in [0.15, 0.2) is 30.4 Å². The van der Waals surface area contributed by atoms with Gasteiger partial charge >= 0.3 is 5.97 Å². The van der Waals surface area contributed by atoms with Crippen LogP contribution in [0.2, 0.25) is 0 Å². The van der Waals surface area contributed by atoms with E-state index in [2.05, 4.69) is 10.1 Å². The normalized spacial score (nSPS) is 17.6. The van der Waals surface area contributed by atoms with Crippen LogP contribution in [0.1, 0.15) is 29.6 Å². The van der Waals surface area contributed by atoms with Crippen molar-refractivity contribution >= 4 is 17.6 Å². The van der Waals surface area contributed by atoms with Crippen molar-refractivity contribution in [2.24, 2.45) is 5.92 Å². The monoisotopic (exact) mass is 277 g/mol. The van der Waals surface area contributed by atoms with Crippen LogP contribution in [0.5, 0.6) is 0 Å². The van der Waals surface area contributed by atoms with E-state index in [1.165, 1.54) is 19.2 Å². The molecule has 1 aliphatic carbocycles. The van der Waals surface area contributed by atoms with E-state index in [1.807, 2.05) is 12.2 Å². The number of esters is 1. The molecule has 1 amide bonds. The molecule has 2 rings (SSSR count). The summed E-state index contributed by atoms with van der Waals surface area (Å²) in [6.07, 6.45) is 6.24. The number of carbonyl (C=O) groups is 2. The number of rotatable bonds is 3. The highest BCUT2D eigenvalue weighted by molar-refractivity contribution is 5.95. The van der Waals surface area contributed by atoms with Crippen LogP contribution in [0, 0.1) is 11.7 Å². The summed E-state index contributed by atoms with van der Waals surface area (Å²) in [6.45, 7) is 0. The second kappa shape index (κ2) is 6.32. The summed E-state index contributed by atoms with van der Waals surface area (Å²) in [7, 11) is 1.25. The minimum Gasteiger partial charge on any atom is -0.465 e. The molecule has 4 nitrogen and oxygen atoms in total. The average Bonchev–Trinajstić information content (AvgIpc) is 2.49. The summed E-state index contributed by atoms with van der Waals surface area (Å²) in [5, 5.41) is 2.54. The maximum atomic E-state index is 13.7. The number of anilines is 1. The molecule has 0 fully saturated rings. The number of allylic oxidation sites excluding steroid dienone is 2. The first-order valence-electron chi connectivity index (χ1n) is 6.45. The Labute approximate surface area is 116 Å². The van der Waals surface area contributed by atoms with E-state index in [-0.39, 0.29) is 23.1 Å². The fourth-order valence-electron chi connectivity index (χ4n) is 2.13. The van der Waals surface area contributed by atoms with Crippen LogP contribution >= 0.6 is 0 Å². The van der Waals surface area contributed by atoms with Crippen LogP contribution in [0.25, 0.3) is 0 Å². The molecule has 0 bridgehead atoms. The van der Waals surface area contributed by atoms with E-state index in [0.717, 1.165) is 18.9 Å². The number of ether oxygens (including phenoxy) is 1. The molecule has 0 unspecified atom stereocenters. The fraction of sp³-hybridized carbons (Fsp3) is 0.333. The van der Waals surface area contributed by atoms with Gasteiger partial charge < -0.3 is 10.1 Å². The van der Waals surface area contributed by atoms with Crippen molar-refractivity contribution in [1.82, 2.24) is 0 Å². The second-order valence-corrected chi connectivity index (χ2v) is 4.66. The minimum absolute atomic E-state index is 0.00690. The van der Waals surface area contributed by atoms with Crippen molar-refractivity contribution in [3.05, 3.63) is 41.7 Å². The van der Waals surface area contributed by atoms with E-state index >= 15 is 0 Å². The average molecular weight is 277 g/mol. The van der Waals surface area contributed by atoms with Crippen LogP contribution in [0.4, 0.5) is 10.1 Å². The largest absolute Gasteiger partial charge is 0.465 e. The van der Waals surface area contributed by atoms with E-state index in [9.17, 15) is 14.0 Å². The van der Waals surface area contributed by atoms with Crippen LogP contribution < -0.4 is 5.32 Å². The Kier molecular flexibility index (Phi) is 4.50. The zero-order chi connectivity index (χ0) is 14.5. The van der Waals surface area contributed by atoms with Gasteiger partial charge in [-0.25, -0.2) is 9.18 Å². The molecule has 20 heavy (non-hydrogen) atoms. The van der Waals surface area contributed by atoms with Gasteiger partial charge in [0.15, 0.2) is 0 Å². The topological polar surface area (TPSA) is 55.4 Å². The molecule has 0 radical (unpaired) electrons. The lowest BCUT2D eigenvalue weighted by atomic mass is 9.93. The molecule has 0 aliphatic heterocycles. The van der Waals surface area contributed by atoms with Gasteiger partial charge in [0.2, 0.25) is 5.91 Å². The van der Waals surface area contributed by atoms with Gasteiger partial charge in [0.05, 0.1) is 18.4 Å². The lowest BCUT2D eigenvalue weighted by Gasteiger charge is -2.17. The Morgan fingerprint density at radius 3 is 2.80 bits per heavy atom. The molecule has 1 aromatic rings. The van der Waals surface area contributed by atoms with Gasteiger partial charge in [-0.3, -0.25) is 4.79 Å². The van der Waals surface area contributed by atoms with Crippen molar-refractivity contribution in [3.8, 4) is 0 Å². The van der Waals surface area contributed by atoms with Gasteiger partial charge in [0, 0.05) is 5.92 Å². The third-order valence-electron chi connectivity index (χ3n) is 3.29. The van der Waals surface area contributed by atoms with Crippen LogP contribution in [-0.2, 0) is 9.53 Å². The Bertz CT molecular complexity index is 554. The number of halogens is 1. The molecular formula is C15H16FNO3. The lowest BCUT2D eigenvalue weighted by molar-refractivity contribution is -0.120. The van der Waals surface area contributed by atoms with E-state index in [1.54, 1.807) is 0 Å². The van der Waals surface area contributed by atoms with Gasteiger partial charge in [-0.05, 0) is 37.5 Å². The molecule has 1 aliphatic rings. The van der Waals surface area contributed by atoms with Gasteiger partial charge in [0.1, 0.15) is 5.82 Å². The smallest absolute Gasteiger partial charge is 0.337 e. The first kappa shape index (κ1) is 14.2. The lowest BCUT2D eigenvalue weighted by Crippen LogP contribution is -2.24. The Morgan fingerprint density at radius 2 is 2.15 bits per heavy atom. The van der Waals surface area contributed by atoms with Gasteiger partial charge in [-0.15, -0.1) is 0 Å². The first-order chi connectivity index (χ1) is 9.61. The Hall–Kier alpha value is -2.17. The quantitative estimate of drug-likeness (QED) is 0.682. The minimum atomic E-state index is -0.572. The summed E-state index contributed by atoms with van der Waals surface area (Å²) >= 11 is 0. The number of hydrogen-bond donors (Lipinski definition) is 1. The second-order valence-electron chi connectivity index (χ2n) is 4.66. The van der Waals surface area contributed by atoms with E-state index < -0.39 is 11.8 Å². The Morgan fingerprint density at radius 1 is 1.35 bits per heavy atom. The molecule has 0 heterocycles. The van der Waals surface area contributed by atoms with Crippen LogP contribution in [0.3, 0.4) is 0 Å². The van der Waals surface area contributed by atoms with Crippen molar-refractivity contribution in [3.63, 3.8) is 0 Å². The summed E-state index contributed by atoms with van der Waals surface area (Å²) in [5.74, 6) is -1.52. The summed E-state index contributed by atoms with van der Waals surface area (Å²) in [5.41, 5.74) is 0.209. The molecule has 0 saturated heterocycles. The Balaban J connectivity index is 2.13. The molecule has 1 N–H and O–H groups in total. The van der Waals surface area contributed by atoms with Gasteiger partial charge in [0.25, 0.3) is 0 Å². The number of carbonyl (C=O) groups excluding carboxylic acids is 2. The molecule has 1 atom stereocenters. The SMILES string of the molecule is COC(=O)c1ccc(F)c(NC(=O)[C@H]2CC=CCC2)c1. The highest BCUT2D eigenvalue weighted by Crippen LogP contribution is 2.22. The summed E-state index contributed by atoms with van der Waals surface area (Å²) in [4.78, 5) is 23.4. The van der Waals surface area contributed by atoms with Gasteiger partial charge in [-0.1, -0.05) is 12.2 Å². The standard InChI is InChI=1S/C15H16FNO3/c1-20-15(19)11-7-8-12(16)13(9-11)17-14(18)10-5-3-2-4-6-10/h2-3,7-10H,4-6H2,1H3,(H,17,18)/t10-/m0/s1. The number of nitrogens with one attached hydrogen (secondary N) is 1. The molecule has 0 saturated carbocycles. The van der Waals surface area contributed by atoms with Crippen molar-refractivity contribution < 1.29 is 18.7 Å². The van der Waals surface area contributed by atoms with Crippen molar-refractivity contribution in [2.45, 2.75) is 19.3 Å². The third-order valence-corrected chi connectivity index (χ3v) is 3.29. The maximum absolute atomic E-state index is 13.7. The number of hydrogen-bond acceptors (Lipinski definition) is 3. The fourth-order valence-corrected chi connectivity index (χ4v) is 2.13. The van der Waals surface area contributed by atoms with E-state index in [4.69, 9.17) is 0 Å². The molecule has 0 spiro atoms. The highest BCUT2D eigenvalue weighted by atomic mass is 19.1. The number of benzene rings is 1. The number of amides is 1. The number of methoxy groups -OCH3 is 1. The molecule has 0 aromatic heterocycles. The highest BCUT2D eigenvalue weighted by Gasteiger charge is 2.20. The predicted molar refractivity (Wildman–Crippen MR) is 72.9 cm³/mol. The van der Waals surface area contributed by atoms with Crippen molar-refractivity contribution in [2.75, 3.05) is 12.4 Å². The van der Waals surface area contributed by atoms with Crippen molar-refractivity contribution in [1.29, 1.82) is 0 Å². The molecule has 5 heteroatoms. The zero-order valence-electron chi connectivity index (χ0n) is 11.2. The van der Waals surface area contributed by atoms with E-state index in [0.29, 0.717) is 6.42 Å². The summed E-state index contributed by atoms with van der Waals surface area (Å²) < 4.78 is 18.3. The predicted octanol–water partition coefficient (Wildman–Crippen LogP) is 2.91. The molecule has 106 valence electrons. The van der Waals surface area contributed by atoms with Crippen LogP contribution in [-0.4, -0.2) is 19.0 Å². The van der Waals surface area contributed by atoms with Gasteiger partial charge in [-0.2, -0.15) is 0 Å². The maximum Gasteiger partial charge on any atom is 0.337 e. The third kappa shape index (κ3) is 3.23. The summed E-state index contributed by atoms with van der Waals surface area (Å²) in [6, 6.07) is 3.75. The first-order valence-corrected chi connectivity index (χ1v) is 6.45.